The number of hydrogen-bond acceptors (Lipinski definition) is 3. The lowest BCUT2D eigenvalue weighted by Crippen LogP contribution is -2.19. The first kappa shape index (κ1) is 13.0. The molecule has 0 heterocycles. The number of ether oxygens (including phenoxy) is 1. The number of unbranched alkanes of at least 4 members (excludes halogenated alkanes) is 3. The second-order valence-corrected chi connectivity index (χ2v) is 4.55. The number of carbonyl (C=O) groups is 1. The van der Waals surface area contributed by atoms with Crippen molar-refractivity contribution < 1.29 is 9.53 Å². The molecule has 0 aromatic carbocycles. The van der Waals surface area contributed by atoms with Crippen molar-refractivity contribution in [3.05, 3.63) is 0 Å². The van der Waals surface area contributed by atoms with Gasteiger partial charge >= 0.3 is 5.97 Å². The van der Waals surface area contributed by atoms with Crippen molar-refractivity contribution in [3.8, 4) is 6.07 Å². The molecule has 0 spiro atoms. The quantitative estimate of drug-likeness (QED) is 0.492. The number of nitriles is 1. The molecule has 1 saturated carbocycles. The van der Waals surface area contributed by atoms with Gasteiger partial charge < -0.3 is 4.74 Å². The SMILES string of the molecule is CCCCCCC1CC1(C#N)C(=O)OCC. The van der Waals surface area contributed by atoms with Crippen LogP contribution >= 0.6 is 0 Å². The smallest absolute Gasteiger partial charge is 0.326 e. The Bertz CT molecular complexity index is 282. The highest BCUT2D eigenvalue weighted by Gasteiger charge is 2.61. The summed E-state index contributed by atoms with van der Waals surface area (Å²) in [6.45, 7) is 4.32. The molecular weight excluding hydrogens is 202 g/mol. The summed E-state index contributed by atoms with van der Waals surface area (Å²) >= 11 is 0. The third-order valence-electron chi connectivity index (χ3n) is 3.35. The van der Waals surface area contributed by atoms with Crippen LogP contribution in [0.5, 0.6) is 0 Å². The van der Waals surface area contributed by atoms with Crippen LogP contribution in [-0.4, -0.2) is 12.6 Å². The second kappa shape index (κ2) is 5.89. The fourth-order valence-corrected chi connectivity index (χ4v) is 2.19. The molecule has 2 unspecified atom stereocenters. The Balaban J connectivity index is 2.32. The molecule has 3 nitrogen and oxygen atoms in total. The lowest BCUT2D eigenvalue weighted by molar-refractivity contribution is -0.147. The Kier molecular flexibility index (Phi) is 4.79. The molecule has 0 aliphatic heterocycles. The molecule has 0 N–H and O–H groups in total. The van der Waals surface area contributed by atoms with Crippen molar-refractivity contribution in [1.82, 2.24) is 0 Å². The molecule has 2 atom stereocenters. The van der Waals surface area contributed by atoms with Gasteiger partial charge in [0.1, 0.15) is 0 Å². The topological polar surface area (TPSA) is 50.1 Å². The van der Waals surface area contributed by atoms with Crippen LogP contribution in [0.15, 0.2) is 0 Å². The zero-order valence-corrected chi connectivity index (χ0v) is 10.3. The van der Waals surface area contributed by atoms with E-state index in [0.29, 0.717) is 13.0 Å². The minimum absolute atomic E-state index is 0.244. The van der Waals surface area contributed by atoms with Crippen LogP contribution in [0.2, 0.25) is 0 Å². The fraction of sp³-hybridized carbons (Fsp3) is 0.846. The van der Waals surface area contributed by atoms with Crippen molar-refractivity contribution in [3.63, 3.8) is 0 Å². The first-order chi connectivity index (χ1) is 7.71. The van der Waals surface area contributed by atoms with Gasteiger partial charge in [-0.3, -0.25) is 4.79 Å². The first-order valence-corrected chi connectivity index (χ1v) is 6.29. The Morgan fingerprint density at radius 1 is 1.44 bits per heavy atom. The van der Waals surface area contributed by atoms with E-state index in [1.54, 1.807) is 6.92 Å². The van der Waals surface area contributed by atoms with E-state index in [1.807, 2.05) is 0 Å². The first-order valence-electron chi connectivity index (χ1n) is 6.29. The Hall–Kier alpha value is -1.04. The molecular formula is C13H21NO2. The highest BCUT2D eigenvalue weighted by atomic mass is 16.5. The lowest BCUT2D eigenvalue weighted by atomic mass is 10.0. The zero-order valence-electron chi connectivity index (χ0n) is 10.3. The van der Waals surface area contributed by atoms with Gasteiger partial charge in [0.15, 0.2) is 5.41 Å². The molecule has 1 fully saturated rings. The monoisotopic (exact) mass is 223 g/mol. The van der Waals surface area contributed by atoms with Gasteiger partial charge in [-0.05, 0) is 25.7 Å². The van der Waals surface area contributed by atoms with Crippen LogP contribution in [0.1, 0.15) is 52.4 Å². The van der Waals surface area contributed by atoms with Crippen molar-refractivity contribution in [2.24, 2.45) is 11.3 Å². The highest BCUT2D eigenvalue weighted by Crippen LogP contribution is 2.55. The van der Waals surface area contributed by atoms with Crippen LogP contribution in [0.25, 0.3) is 0 Å². The predicted molar refractivity (Wildman–Crippen MR) is 61.5 cm³/mol. The molecule has 0 saturated heterocycles. The number of esters is 1. The van der Waals surface area contributed by atoms with Crippen molar-refractivity contribution in [1.29, 1.82) is 5.26 Å². The van der Waals surface area contributed by atoms with Crippen molar-refractivity contribution in [2.45, 2.75) is 52.4 Å². The molecule has 0 radical (unpaired) electrons. The normalized spacial score (nSPS) is 27.2. The number of hydrogen-bond donors (Lipinski definition) is 0. The molecule has 1 aliphatic rings. The van der Waals surface area contributed by atoms with E-state index in [1.165, 1.54) is 19.3 Å². The van der Waals surface area contributed by atoms with Gasteiger partial charge in [0, 0.05) is 0 Å². The molecule has 90 valence electrons. The van der Waals surface area contributed by atoms with Gasteiger partial charge in [0.25, 0.3) is 0 Å². The Labute approximate surface area is 97.8 Å². The largest absolute Gasteiger partial charge is 0.465 e. The molecule has 0 bridgehead atoms. The predicted octanol–water partition coefficient (Wildman–Crippen LogP) is 3.05. The molecule has 0 aromatic rings. The number of carbonyl (C=O) groups excluding carboxylic acids is 1. The maximum absolute atomic E-state index is 11.6. The summed E-state index contributed by atoms with van der Waals surface area (Å²) in [5.41, 5.74) is -0.789. The van der Waals surface area contributed by atoms with E-state index < -0.39 is 5.41 Å². The zero-order chi connectivity index (χ0) is 12.0. The molecule has 16 heavy (non-hydrogen) atoms. The van der Waals surface area contributed by atoms with Crippen LogP contribution in [0, 0.1) is 22.7 Å². The van der Waals surface area contributed by atoms with Crippen molar-refractivity contribution in [2.75, 3.05) is 6.61 Å². The molecule has 3 heteroatoms. The third-order valence-corrected chi connectivity index (χ3v) is 3.35. The molecule has 1 aliphatic carbocycles. The molecule has 1 rings (SSSR count). The Morgan fingerprint density at radius 3 is 2.75 bits per heavy atom. The summed E-state index contributed by atoms with van der Waals surface area (Å²) in [5.74, 6) is -0.0635. The van der Waals surface area contributed by atoms with Gasteiger partial charge in [-0.1, -0.05) is 32.6 Å². The summed E-state index contributed by atoms with van der Waals surface area (Å²) in [5, 5.41) is 9.08. The standard InChI is InChI=1S/C13H21NO2/c1-3-5-6-7-8-11-9-13(11,10-14)12(15)16-4-2/h11H,3-9H2,1-2H3. The van der Waals surface area contributed by atoms with Crippen LogP contribution in [0.3, 0.4) is 0 Å². The number of nitrogens with zero attached hydrogens (tertiary/aromatic N) is 1. The summed E-state index contributed by atoms with van der Waals surface area (Å²) < 4.78 is 4.96. The summed E-state index contributed by atoms with van der Waals surface area (Å²) in [4.78, 5) is 11.6. The second-order valence-electron chi connectivity index (χ2n) is 4.55. The summed E-state index contributed by atoms with van der Waals surface area (Å²) in [7, 11) is 0. The number of rotatable bonds is 7. The summed E-state index contributed by atoms with van der Waals surface area (Å²) in [6.07, 6.45) is 6.48. The minimum Gasteiger partial charge on any atom is -0.465 e. The van der Waals surface area contributed by atoms with Crippen molar-refractivity contribution >= 4 is 5.97 Å². The average molecular weight is 223 g/mol. The summed E-state index contributed by atoms with van der Waals surface area (Å²) in [6, 6.07) is 2.15. The van der Waals surface area contributed by atoms with E-state index in [4.69, 9.17) is 10.00 Å². The van der Waals surface area contributed by atoms with Crippen LogP contribution in [0.4, 0.5) is 0 Å². The van der Waals surface area contributed by atoms with E-state index in [-0.39, 0.29) is 11.9 Å². The van der Waals surface area contributed by atoms with Gasteiger partial charge in [0.05, 0.1) is 12.7 Å². The maximum atomic E-state index is 11.6. The minimum atomic E-state index is -0.789. The van der Waals surface area contributed by atoms with E-state index in [0.717, 1.165) is 12.8 Å². The third kappa shape index (κ3) is 2.75. The fourth-order valence-electron chi connectivity index (χ4n) is 2.19. The van der Waals surface area contributed by atoms with Crippen LogP contribution in [-0.2, 0) is 9.53 Å². The van der Waals surface area contributed by atoms with Gasteiger partial charge in [-0.15, -0.1) is 0 Å². The molecule has 0 aromatic heterocycles. The van der Waals surface area contributed by atoms with Gasteiger partial charge in [-0.25, -0.2) is 0 Å². The maximum Gasteiger partial charge on any atom is 0.326 e. The highest BCUT2D eigenvalue weighted by molar-refractivity contribution is 5.84. The van der Waals surface area contributed by atoms with E-state index in [2.05, 4.69) is 13.0 Å². The van der Waals surface area contributed by atoms with E-state index in [9.17, 15) is 4.79 Å². The van der Waals surface area contributed by atoms with Gasteiger partial charge in [0.2, 0.25) is 0 Å². The Morgan fingerprint density at radius 2 is 2.19 bits per heavy atom. The lowest BCUT2D eigenvalue weighted by Gasteiger charge is -2.07. The van der Waals surface area contributed by atoms with E-state index >= 15 is 0 Å². The van der Waals surface area contributed by atoms with Crippen LogP contribution < -0.4 is 0 Å². The average Bonchev–Trinajstić information content (AvgIpc) is 3.00. The molecule has 0 amide bonds. The van der Waals surface area contributed by atoms with Gasteiger partial charge in [-0.2, -0.15) is 5.26 Å².